The van der Waals surface area contributed by atoms with Gasteiger partial charge in [0, 0.05) is 43.2 Å². The highest BCUT2D eigenvalue weighted by molar-refractivity contribution is 5.79. The van der Waals surface area contributed by atoms with Crippen LogP contribution in [0.25, 0.3) is 0 Å². The van der Waals surface area contributed by atoms with E-state index in [0.29, 0.717) is 5.92 Å². The van der Waals surface area contributed by atoms with Crippen LogP contribution in [0.1, 0.15) is 61.6 Å². The van der Waals surface area contributed by atoms with Crippen molar-refractivity contribution in [1.29, 1.82) is 0 Å². The fourth-order valence-electron chi connectivity index (χ4n) is 4.72. The minimum atomic E-state index is -0.0265. The molecule has 1 saturated carbocycles. The topological polar surface area (TPSA) is 71.0 Å². The third-order valence-electron chi connectivity index (χ3n) is 6.28. The van der Waals surface area contributed by atoms with Crippen LogP contribution in [0.3, 0.4) is 0 Å². The molecular weight excluding hydrogens is 362 g/mol. The lowest BCUT2D eigenvalue weighted by atomic mass is 9.87. The highest BCUT2D eigenvalue weighted by Gasteiger charge is 2.32. The zero-order chi connectivity index (χ0) is 20.1. The van der Waals surface area contributed by atoms with Gasteiger partial charge in [0.1, 0.15) is 5.82 Å². The predicted octanol–water partition coefficient (Wildman–Crippen LogP) is 3.44. The lowest BCUT2D eigenvalue weighted by Gasteiger charge is -2.37. The van der Waals surface area contributed by atoms with Gasteiger partial charge in [0.2, 0.25) is 5.91 Å². The van der Waals surface area contributed by atoms with Gasteiger partial charge >= 0.3 is 0 Å². The number of rotatable bonds is 6. The number of piperidine rings is 1. The van der Waals surface area contributed by atoms with Gasteiger partial charge in [0.05, 0.1) is 11.7 Å². The maximum absolute atomic E-state index is 12.9. The molecule has 3 heterocycles. The molecule has 0 aromatic carbocycles. The first-order valence-corrected chi connectivity index (χ1v) is 10.9. The Hall–Kier alpha value is -2.34. The number of hydrogen-bond donors (Lipinski definition) is 1. The van der Waals surface area contributed by atoms with E-state index < -0.39 is 0 Å². The zero-order valence-corrected chi connectivity index (χ0v) is 17.3. The summed E-state index contributed by atoms with van der Waals surface area (Å²) in [6.07, 6.45) is 12.3. The predicted molar refractivity (Wildman–Crippen MR) is 112 cm³/mol. The minimum Gasteiger partial charge on any atom is -0.347 e. The van der Waals surface area contributed by atoms with Gasteiger partial charge in [0.25, 0.3) is 0 Å². The van der Waals surface area contributed by atoms with E-state index in [-0.39, 0.29) is 17.9 Å². The normalized spacial score (nSPS) is 21.8. The fourth-order valence-corrected chi connectivity index (χ4v) is 4.72. The van der Waals surface area contributed by atoms with E-state index in [0.717, 1.165) is 62.4 Å². The van der Waals surface area contributed by atoms with Crippen LogP contribution < -0.4 is 5.32 Å². The Morgan fingerprint density at radius 3 is 2.66 bits per heavy atom. The van der Waals surface area contributed by atoms with E-state index >= 15 is 0 Å². The highest BCUT2D eigenvalue weighted by Crippen LogP contribution is 2.31. The minimum absolute atomic E-state index is 0.0265. The molecule has 0 unspecified atom stereocenters. The molecule has 1 aliphatic carbocycles. The molecule has 2 aromatic rings. The number of carbonyl (C=O) groups is 1. The summed E-state index contributed by atoms with van der Waals surface area (Å²) in [4.78, 5) is 28.6. The molecule has 2 aromatic heterocycles. The van der Waals surface area contributed by atoms with Crippen molar-refractivity contribution in [2.24, 2.45) is 11.8 Å². The summed E-state index contributed by atoms with van der Waals surface area (Å²) in [7, 11) is 0. The Morgan fingerprint density at radius 1 is 1.14 bits per heavy atom. The molecule has 0 bridgehead atoms. The highest BCUT2D eigenvalue weighted by atomic mass is 16.2. The van der Waals surface area contributed by atoms with Crippen LogP contribution in [-0.2, 0) is 11.3 Å². The Morgan fingerprint density at radius 2 is 1.93 bits per heavy atom. The molecule has 6 heteroatoms. The molecule has 2 aliphatic rings. The molecule has 0 spiro atoms. The smallest absolute Gasteiger partial charge is 0.223 e. The first-order valence-electron chi connectivity index (χ1n) is 10.9. The molecule has 1 N–H and O–H groups in total. The third kappa shape index (κ3) is 5.18. The molecule has 1 aliphatic heterocycles. The molecular formula is C23H31N5O. The van der Waals surface area contributed by atoms with Crippen molar-refractivity contribution in [3.8, 4) is 0 Å². The van der Waals surface area contributed by atoms with Crippen LogP contribution >= 0.6 is 0 Å². The first-order chi connectivity index (χ1) is 14.2. The third-order valence-corrected chi connectivity index (χ3v) is 6.28. The van der Waals surface area contributed by atoms with Crippen molar-refractivity contribution in [3.05, 3.63) is 53.9 Å². The molecule has 1 amide bonds. The summed E-state index contributed by atoms with van der Waals surface area (Å²) in [5.74, 6) is 1.54. The lowest BCUT2D eigenvalue weighted by Crippen LogP contribution is -2.44. The van der Waals surface area contributed by atoms with Gasteiger partial charge in [0.15, 0.2) is 0 Å². The molecule has 0 radical (unpaired) electrons. The van der Waals surface area contributed by atoms with Crippen LogP contribution in [0.4, 0.5) is 0 Å². The van der Waals surface area contributed by atoms with Gasteiger partial charge < -0.3 is 5.32 Å². The van der Waals surface area contributed by atoms with Crippen molar-refractivity contribution in [1.82, 2.24) is 25.2 Å². The zero-order valence-electron chi connectivity index (χ0n) is 17.3. The number of likely N-dealkylation sites (tertiary alicyclic amines) is 1. The molecule has 154 valence electrons. The number of pyridine rings is 1. The van der Waals surface area contributed by atoms with Crippen molar-refractivity contribution in [3.63, 3.8) is 0 Å². The number of amides is 1. The Kier molecular flexibility index (Phi) is 6.49. The number of nitrogens with one attached hydrogen (secondary N) is 1. The SMILES string of the molecule is Cc1ncc(CN2CCC[C@H]([C@@H](NC(=O)C3CCCC3)c3ccccn3)C2)cn1. The number of carbonyl (C=O) groups excluding carboxylic acids is 1. The summed E-state index contributed by atoms with van der Waals surface area (Å²) in [6, 6.07) is 5.97. The Labute approximate surface area is 173 Å². The second kappa shape index (κ2) is 9.44. The van der Waals surface area contributed by atoms with Crippen LogP contribution in [0.15, 0.2) is 36.8 Å². The van der Waals surface area contributed by atoms with Crippen molar-refractivity contribution < 1.29 is 4.79 Å². The molecule has 29 heavy (non-hydrogen) atoms. The Bertz CT molecular complexity index is 789. The molecule has 4 rings (SSSR count). The van der Waals surface area contributed by atoms with E-state index in [1.165, 1.54) is 12.8 Å². The van der Waals surface area contributed by atoms with Crippen LogP contribution in [0.5, 0.6) is 0 Å². The van der Waals surface area contributed by atoms with Gasteiger partial charge in [-0.25, -0.2) is 9.97 Å². The first kappa shape index (κ1) is 20.0. The standard InChI is InChI=1S/C23H31N5O/c1-17-25-13-18(14-26-17)15-28-12-6-9-20(16-28)22(21-10-4-5-11-24-21)27-23(29)19-7-2-3-8-19/h4-5,10-11,13-14,19-20,22H,2-3,6-9,12,15-16H2,1H3,(H,27,29)/t20-,22+/m0/s1. The molecule has 1 saturated heterocycles. The number of hydrogen-bond acceptors (Lipinski definition) is 5. The summed E-state index contributed by atoms with van der Waals surface area (Å²) < 4.78 is 0. The summed E-state index contributed by atoms with van der Waals surface area (Å²) in [5.41, 5.74) is 2.12. The lowest BCUT2D eigenvalue weighted by molar-refractivity contribution is -0.126. The van der Waals surface area contributed by atoms with Crippen LogP contribution in [-0.4, -0.2) is 38.8 Å². The van der Waals surface area contributed by atoms with Gasteiger partial charge in [-0.1, -0.05) is 18.9 Å². The monoisotopic (exact) mass is 393 g/mol. The summed E-state index contributed by atoms with van der Waals surface area (Å²) >= 11 is 0. The molecule has 2 fully saturated rings. The van der Waals surface area contributed by atoms with Crippen molar-refractivity contribution in [2.75, 3.05) is 13.1 Å². The molecule has 2 atom stereocenters. The Balaban J connectivity index is 1.47. The van der Waals surface area contributed by atoms with E-state index in [1.807, 2.05) is 43.7 Å². The average molecular weight is 394 g/mol. The largest absolute Gasteiger partial charge is 0.347 e. The van der Waals surface area contributed by atoms with Gasteiger partial charge in [-0.15, -0.1) is 0 Å². The maximum atomic E-state index is 12.9. The quantitative estimate of drug-likeness (QED) is 0.814. The summed E-state index contributed by atoms with van der Waals surface area (Å²) in [6.45, 7) is 4.77. The maximum Gasteiger partial charge on any atom is 0.223 e. The van der Waals surface area contributed by atoms with E-state index in [4.69, 9.17) is 0 Å². The van der Waals surface area contributed by atoms with Crippen molar-refractivity contribution in [2.45, 2.75) is 58.0 Å². The summed E-state index contributed by atoms with van der Waals surface area (Å²) in [5, 5.41) is 3.38. The number of aryl methyl sites for hydroxylation is 1. The van der Waals surface area contributed by atoms with E-state index in [9.17, 15) is 4.79 Å². The van der Waals surface area contributed by atoms with Crippen LogP contribution in [0.2, 0.25) is 0 Å². The van der Waals surface area contributed by atoms with Gasteiger partial charge in [-0.2, -0.15) is 0 Å². The van der Waals surface area contributed by atoms with Gasteiger partial charge in [-0.3, -0.25) is 14.7 Å². The second-order valence-corrected chi connectivity index (χ2v) is 8.50. The number of nitrogens with zero attached hydrogens (tertiary/aromatic N) is 4. The van der Waals surface area contributed by atoms with Gasteiger partial charge in [-0.05, 0) is 57.2 Å². The number of aromatic nitrogens is 3. The van der Waals surface area contributed by atoms with Crippen LogP contribution in [0, 0.1) is 18.8 Å². The molecule has 6 nitrogen and oxygen atoms in total. The second-order valence-electron chi connectivity index (χ2n) is 8.50. The average Bonchev–Trinajstić information content (AvgIpc) is 3.29. The van der Waals surface area contributed by atoms with Crippen molar-refractivity contribution >= 4 is 5.91 Å². The van der Waals surface area contributed by atoms with E-state index in [1.54, 1.807) is 0 Å². The van der Waals surface area contributed by atoms with E-state index in [2.05, 4.69) is 25.2 Å². The fraction of sp³-hybridized carbons (Fsp3) is 0.565.